The third-order valence-corrected chi connectivity index (χ3v) is 5.57. The van der Waals surface area contributed by atoms with E-state index in [1.807, 2.05) is 49.2 Å². The van der Waals surface area contributed by atoms with Crippen molar-refractivity contribution in [2.24, 2.45) is 4.99 Å². The van der Waals surface area contributed by atoms with Gasteiger partial charge in [-0.2, -0.15) is 0 Å². The normalized spacial score (nSPS) is 11.3. The zero-order valence-corrected chi connectivity index (χ0v) is 21.3. The van der Waals surface area contributed by atoms with Crippen LogP contribution in [0.25, 0.3) is 0 Å². The molecule has 1 aromatic heterocycles. The number of carbonyl (C=O) groups excluding carboxylic acids is 1. The van der Waals surface area contributed by atoms with Crippen molar-refractivity contribution in [1.29, 1.82) is 0 Å². The summed E-state index contributed by atoms with van der Waals surface area (Å²) in [6, 6.07) is 9.59. The molecule has 0 aliphatic heterocycles. The monoisotopic (exact) mass is 482 g/mol. The van der Waals surface area contributed by atoms with Crippen molar-refractivity contribution in [3.63, 3.8) is 0 Å². The Morgan fingerprint density at radius 2 is 1.94 bits per heavy atom. The average molecular weight is 483 g/mol. The summed E-state index contributed by atoms with van der Waals surface area (Å²) in [6.45, 7) is 13.1. The number of pyridine rings is 1. The number of anilines is 1. The van der Waals surface area contributed by atoms with Gasteiger partial charge in [0, 0.05) is 44.6 Å². The predicted molar refractivity (Wildman–Crippen MR) is 142 cm³/mol. The lowest BCUT2D eigenvalue weighted by Gasteiger charge is -2.32. The van der Waals surface area contributed by atoms with Crippen LogP contribution in [0, 0.1) is 6.92 Å². The summed E-state index contributed by atoms with van der Waals surface area (Å²) < 4.78 is 0. The van der Waals surface area contributed by atoms with Crippen LogP contribution in [-0.4, -0.2) is 59.6 Å². The maximum Gasteiger partial charge on any atom is 0.273 e. The molecule has 0 bridgehead atoms. The van der Waals surface area contributed by atoms with Crippen LogP contribution in [0.1, 0.15) is 30.9 Å². The lowest BCUT2D eigenvalue weighted by atomic mass is 10.2. The van der Waals surface area contributed by atoms with E-state index in [0.717, 1.165) is 29.7 Å². The molecule has 1 aromatic carbocycles. The van der Waals surface area contributed by atoms with Gasteiger partial charge in [0.05, 0.1) is 12.4 Å². The van der Waals surface area contributed by atoms with Gasteiger partial charge in [0.1, 0.15) is 5.70 Å². The molecule has 0 saturated carbocycles. The maximum atomic E-state index is 13.7. The Balaban J connectivity index is 2.53. The molecule has 1 heterocycles. The number of aliphatic imine (C=N–C) groups is 1. The molecule has 2 aromatic rings. The van der Waals surface area contributed by atoms with Crippen LogP contribution in [0.5, 0.6) is 0 Å². The first-order chi connectivity index (χ1) is 16.3. The van der Waals surface area contributed by atoms with E-state index >= 15 is 0 Å². The van der Waals surface area contributed by atoms with Gasteiger partial charge in [-0.15, -0.1) is 0 Å². The second-order valence-corrected chi connectivity index (χ2v) is 8.55. The highest BCUT2D eigenvalue weighted by Gasteiger charge is 2.27. The highest BCUT2D eigenvalue weighted by atomic mass is 35.5. The summed E-state index contributed by atoms with van der Waals surface area (Å²) in [6.07, 6.45) is 7.07. The van der Waals surface area contributed by atoms with E-state index in [1.54, 1.807) is 35.4 Å². The van der Waals surface area contributed by atoms with Gasteiger partial charge >= 0.3 is 0 Å². The number of aryl methyl sites for hydroxylation is 1. The van der Waals surface area contributed by atoms with E-state index in [-0.39, 0.29) is 5.91 Å². The topological polar surface area (TPSA) is 64.1 Å². The molecule has 0 aliphatic rings. The molecule has 0 fully saturated rings. The van der Waals surface area contributed by atoms with E-state index in [0.29, 0.717) is 36.3 Å². The zero-order chi connectivity index (χ0) is 25.1. The lowest BCUT2D eigenvalue weighted by molar-refractivity contribution is -0.127. The SMILES string of the molecule is C=CN(C)/C(N=C)=C(\C(=O)N(C)CCCC)N(CNc1cncc(C)c1)Cc1ccc(Cl)cc1. The molecule has 2 rings (SSSR count). The van der Waals surface area contributed by atoms with Crippen LogP contribution in [0.3, 0.4) is 0 Å². The number of likely N-dealkylation sites (N-methyl/N-ethyl adjacent to an activating group) is 1. The van der Waals surface area contributed by atoms with E-state index in [2.05, 4.69) is 35.5 Å². The number of nitrogens with one attached hydrogen (secondary N) is 1. The number of rotatable bonds is 13. The molecule has 34 heavy (non-hydrogen) atoms. The number of carbonyl (C=O) groups is 1. The van der Waals surface area contributed by atoms with Crippen LogP contribution in [0.2, 0.25) is 5.02 Å². The van der Waals surface area contributed by atoms with Crippen molar-refractivity contribution < 1.29 is 4.79 Å². The van der Waals surface area contributed by atoms with E-state index in [9.17, 15) is 4.79 Å². The molecule has 0 unspecified atom stereocenters. The van der Waals surface area contributed by atoms with Gasteiger partial charge in [-0.05, 0) is 55.6 Å². The minimum atomic E-state index is -0.136. The molecule has 0 saturated heterocycles. The van der Waals surface area contributed by atoms with Crippen molar-refractivity contribution in [3.8, 4) is 0 Å². The van der Waals surface area contributed by atoms with Crippen LogP contribution >= 0.6 is 11.6 Å². The Morgan fingerprint density at radius 3 is 2.53 bits per heavy atom. The Kier molecular flexibility index (Phi) is 10.6. The summed E-state index contributed by atoms with van der Waals surface area (Å²) in [7, 11) is 3.61. The van der Waals surface area contributed by atoms with E-state index in [1.165, 1.54) is 0 Å². The molecule has 0 aliphatic carbocycles. The molecule has 7 nitrogen and oxygen atoms in total. The van der Waals surface area contributed by atoms with Crippen LogP contribution in [0.4, 0.5) is 5.69 Å². The van der Waals surface area contributed by atoms with Gasteiger partial charge in [0.15, 0.2) is 5.82 Å². The summed E-state index contributed by atoms with van der Waals surface area (Å²) in [5.41, 5.74) is 3.33. The van der Waals surface area contributed by atoms with Crippen molar-refractivity contribution in [3.05, 3.63) is 83.2 Å². The van der Waals surface area contributed by atoms with Gasteiger partial charge < -0.3 is 20.0 Å². The first-order valence-electron chi connectivity index (χ1n) is 11.3. The molecule has 0 atom stereocenters. The van der Waals surface area contributed by atoms with Gasteiger partial charge in [-0.1, -0.05) is 43.7 Å². The highest BCUT2D eigenvalue weighted by Crippen LogP contribution is 2.22. The zero-order valence-electron chi connectivity index (χ0n) is 20.6. The number of halogens is 1. The molecular weight excluding hydrogens is 448 g/mol. The minimum absolute atomic E-state index is 0.136. The van der Waals surface area contributed by atoms with Crippen LogP contribution < -0.4 is 5.32 Å². The first kappa shape index (κ1) is 26.9. The van der Waals surface area contributed by atoms with E-state index in [4.69, 9.17) is 11.6 Å². The van der Waals surface area contributed by atoms with Crippen molar-refractivity contribution in [2.45, 2.75) is 33.2 Å². The summed E-state index contributed by atoms with van der Waals surface area (Å²) in [4.78, 5) is 27.6. The Labute approximate surface area is 208 Å². The summed E-state index contributed by atoms with van der Waals surface area (Å²) in [5, 5.41) is 4.05. The Hall–Kier alpha value is -3.32. The summed E-state index contributed by atoms with van der Waals surface area (Å²) in [5.74, 6) is 0.296. The average Bonchev–Trinajstić information content (AvgIpc) is 2.84. The Bertz CT molecular complexity index is 1000. The number of aromatic nitrogens is 1. The maximum absolute atomic E-state index is 13.7. The number of nitrogens with zero attached hydrogens (tertiary/aromatic N) is 5. The number of benzene rings is 1. The predicted octanol–water partition coefficient (Wildman–Crippen LogP) is 5.12. The van der Waals surface area contributed by atoms with Crippen molar-refractivity contribution in [2.75, 3.05) is 32.6 Å². The standard InChI is InChI=1S/C26H35ClN6O/c1-7-9-14-32(6)26(34)24(25(28-4)31(5)8-2)33(18-21-10-12-22(27)13-11-21)19-30-23-15-20(3)16-29-17-23/h8,10-13,15-17,30H,2,4,7,9,14,18-19H2,1,3,5-6H3/b25-24+. The lowest BCUT2D eigenvalue weighted by Crippen LogP contribution is -2.40. The molecule has 0 spiro atoms. The first-order valence-corrected chi connectivity index (χ1v) is 11.6. The van der Waals surface area contributed by atoms with Gasteiger partial charge in [-0.25, -0.2) is 4.99 Å². The van der Waals surface area contributed by atoms with Crippen molar-refractivity contribution in [1.82, 2.24) is 19.7 Å². The minimum Gasteiger partial charge on any atom is -0.366 e. The number of unbranched alkanes of at least 4 members (excludes halogenated alkanes) is 1. The number of hydrogen-bond acceptors (Lipinski definition) is 6. The third kappa shape index (κ3) is 7.63. The van der Waals surface area contributed by atoms with Gasteiger partial charge in [-0.3, -0.25) is 9.78 Å². The van der Waals surface area contributed by atoms with Gasteiger partial charge in [0.25, 0.3) is 5.91 Å². The quantitative estimate of drug-likeness (QED) is 0.244. The molecular formula is C26H35ClN6O. The Morgan fingerprint density at radius 1 is 1.24 bits per heavy atom. The highest BCUT2D eigenvalue weighted by molar-refractivity contribution is 6.30. The number of hydrogen-bond donors (Lipinski definition) is 1. The smallest absolute Gasteiger partial charge is 0.273 e. The van der Waals surface area contributed by atoms with Crippen molar-refractivity contribution >= 4 is 29.9 Å². The second kappa shape index (κ2) is 13.4. The number of amides is 1. The third-order valence-electron chi connectivity index (χ3n) is 5.32. The molecule has 0 radical (unpaired) electrons. The van der Waals surface area contributed by atoms with Crippen LogP contribution in [-0.2, 0) is 11.3 Å². The van der Waals surface area contributed by atoms with Crippen LogP contribution in [0.15, 0.2) is 72.0 Å². The molecule has 1 amide bonds. The second-order valence-electron chi connectivity index (χ2n) is 8.11. The molecule has 8 heteroatoms. The van der Waals surface area contributed by atoms with Gasteiger partial charge in [0.2, 0.25) is 0 Å². The fourth-order valence-electron chi connectivity index (χ4n) is 3.35. The molecule has 1 N–H and O–H groups in total. The fourth-order valence-corrected chi connectivity index (χ4v) is 3.48. The van der Waals surface area contributed by atoms with E-state index < -0.39 is 0 Å². The largest absolute Gasteiger partial charge is 0.366 e. The fraction of sp³-hybridized carbons (Fsp3) is 0.346. The molecule has 182 valence electrons. The summed E-state index contributed by atoms with van der Waals surface area (Å²) >= 11 is 6.10.